The normalized spacial score (nSPS) is 18.5. The summed E-state index contributed by atoms with van der Waals surface area (Å²) in [7, 11) is 0. The molecule has 1 N–H and O–H groups in total. The summed E-state index contributed by atoms with van der Waals surface area (Å²) >= 11 is 0. The quantitative estimate of drug-likeness (QED) is 0.815. The van der Waals surface area contributed by atoms with E-state index in [4.69, 9.17) is 9.52 Å². The van der Waals surface area contributed by atoms with Gasteiger partial charge in [-0.1, -0.05) is 13.3 Å². The fraction of sp³-hybridized carbons (Fsp3) is 0.700. The second kappa shape index (κ2) is 3.64. The van der Waals surface area contributed by atoms with Crippen molar-refractivity contribution in [3.05, 3.63) is 11.8 Å². The lowest BCUT2D eigenvalue weighted by molar-refractivity contribution is -0.137. The van der Waals surface area contributed by atoms with Gasteiger partial charge in [0.1, 0.15) is 0 Å². The molecule has 82 valence electrons. The number of carbonyl (C=O) groups is 1. The Balaban J connectivity index is 2.00. The lowest BCUT2D eigenvalue weighted by Crippen LogP contribution is -2.30. The standard InChI is InChI=1S/C10H14N2O3/c1-10(5-2-6-10)9-12-11-7(15-9)3-4-8(13)14/h2-6H2,1H3,(H,13,14). The number of carboxylic acid groups (broad SMARTS) is 1. The van der Waals surface area contributed by atoms with E-state index in [9.17, 15) is 4.79 Å². The molecule has 0 amide bonds. The highest BCUT2D eigenvalue weighted by atomic mass is 16.4. The zero-order valence-corrected chi connectivity index (χ0v) is 8.69. The minimum absolute atomic E-state index is 0.0362. The van der Waals surface area contributed by atoms with Gasteiger partial charge in [0.2, 0.25) is 11.8 Å². The van der Waals surface area contributed by atoms with E-state index in [1.807, 2.05) is 0 Å². The molecule has 0 aromatic carbocycles. The second-order valence-corrected chi connectivity index (χ2v) is 4.31. The van der Waals surface area contributed by atoms with Crippen LogP contribution in [0, 0.1) is 0 Å². The number of rotatable bonds is 4. The highest BCUT2D eigenvalue weighted by molar-refractivity contribution is 5.66. The predicted molar refractivity (Wildman–Crippen MR) is 51.5 cm³/mol. The molecule has 1 aliphatic carbocycles. The van der Waals surface area contributed by atoms with Crippen LogP contribution >= 0.6 is 0 Å². The molecule has 1 saturated carbocycles. The summed E-state index contributed by atoms with van der Waals surface area (Å²) < 4.78 is 5.46. The van der Waals surface area contributed by atoms with Gasteiger partial charge < -0.3 is 9.52 Å². The number of nitrogens with zero attached hydrogens (tertiary/aromatic N) is 2. The van der Waals surface area contributed by atoms with Crippen molar-refractivity contribution < 1.29 is 14.3 Å². The number of hydrogen-bond acceptors (Lipinski definition) is 4. The number of aliphatic carboxylic acids is 1. The molecule has 5 nitrogen and oxygen atoms in total. The van der Waals surface area contributed by atoms with E-state index in [0.29, 0.717) is 18.2 Å². The maximum absolute atomic E-state index is 10.4. The molecule has 1 fully saturated rings. The molecule has 0 radical (unpaired) electrons. The molecule has 5 heteroatoms. The van der Waals surface area contributed by atoms with Crippen molar-refractivity contribution in [1.29, 1.82) is 0 Å². The average molecular weight is 210 g/mol. The third kappa shape index (κ3) is 2.00. The molecule has 15 heavy (non-hydrogen) atoms. The Labute approximate surface area is 87.5 Å². The van der Waals surface area contributed by atoms with Crippen LogP contribution in [0.5, 0.6) is 0 Å². The van der Waals surface area contributed by atoms with Gasteiger partial charge >= 0.3 is 5.97 Å². The van der Waals surface area contributed by atoms with Crippen LogP contribution in [-0.4, -0.2) is 21.3 Å². The molecule has 0 spiro atoms. The first-order valence-corrected chi connectivity index (χ1v) is 5.15. The Hall–Kier alpha value is -1.39. The molecule has 0 bridgehead atoms. The summed E-state index contributed by atoms with van der Waals surface area (Å²) in [6.07, 6.45) is 3.71. The Kier molecular flexibility index (Phi) is 2.46. The summed E-state index contributed by atoms with van der Waals surface area (Å²) in [5, 5.41) is 16.3. The molecule has 2 rings (SSSR count). The minimum atomic E-state index is -0.843. The van der Waals surface area contributed by atoms with Gasteiger partial charge in [-0.25, -0.2) is 0 Å². The lowest BCUT2D eigenvalue weighted by Gasteiger charge is -2.34. The highest BCUT2D eigenvalue weighted by Gasteiger charge is 2.38. The van der Waals surface area contributed by atoms with E-state index in [2.05, 4.69) is 17.1 Å². The van der Waals surface area contributed by atoms with Crippen LogP contribution in [0.25, 0.3) is 0 Å². The summed E-state index contributed by atoms with van der Waals surface area (Å²) in [6.45, 7) is 2.10. The summed E-state index contributed by atoms with van der Waals surface area (Å²) in [6, 6.07) is 0. The molecular formula is C10H14N2O3. The molecule has 0 aliphatic heterocycles. The monoisotopic (exact) mass is 210 g/mol. The number of carboxylic acids is 1. The van der Waals surface area contributed by atoms with Crippen molar-refractivity contribution in [2.45, 2.75) is 44.4 Å². The average Bonchev–Trinajstić information content (AvgIpc) is 2.59. The van der Waals surface area contributed by atoms with E-state index < -0.39 is 5.97 Å². The first-order valence-electron chi connectivity index (χ1n) is 5.15. The molecule has 1 aliphatic rings. The van der Waals surface area contributed by atoms with Crippen LogP contribution < -0.4 is 0 Å². The topological polar surface area (TPSA) is 76.2 Å². The Morgan fingerprint density at radius 2 is 2.27 bits per heavy atom. The van der Waals surface area contributed by atoms with Crippen molar-refractivity contribution >= 4 is 5.97 Å². The molecule has 0 unspecified atom stereocenters. The maximum atomic E-state index is 10.4. The van der Waals surface area contributed by atoms with Crippen molar-refractivity contribution in [3.8, 4) is 0 Å². The van der Waals surface area contributed by atoms with Crippen LogP contribution in [0.2, 0.25) is 0 Å². The van der Waals surface area contributed by atoms with Gasteiger partial charge in [-0.2, -0.15) is 0 Å². The van der Waals surface area contributed by atoms with Gasteiger partial charge in [0.25, 0.3) is 0 Å². The van der Waals surface area contributed by atoms with Crippen LogP contribution in [0.3, 0.4) is 0 Å². The molecule has 0 saturated heterocycles. The van der Waals surface area contributed by atoms with Crippen LogP contribution in [0.15, 0.2) is 4.42 Å². The zero-order valence-electron chi connectivity index (χ0n) is 8.69. The molecule has 1 heterocycles. The Morgan fingerprint density at radius 3 is 2.80 bits per heavy atom. The third-order valence-corrected chi connectivity index (χ3v) is 2.99. The van der Waals surface area contributed by atoms with Gasteiger partial charge in [0.05, 0.1) is 6.42 Å². The maximum Gasteiger partial charge on any atom is 0.303 e. The first kappa shape index (κ1) is 10.1. The number of aryl methyl sites for hydroxylation is 1. The molecular weight excluding hydrogens is 196 g/mol. The molecule has 1 aromatic heterocycles. The van der Waals surface area contributed by atoms with Crippen LogP contribution in [0.1, 0.15) is 44.4 Å². The first-order chi connectivity index (χ1) is 7.10. The van der Waals surface area contributed by atoms with Crippen LogP contribution in [0.4, 0.5) is 0 Å². The number of hydrogen-bond donors (Lipinski definition) is 1. The largest absolute Gasteiger partial charge is 0.481 e. The smallest absolute Gasteiger partial charge is 0.303 e. The third-order valence-electron chi connectivity index (χ3n) is 2.99. The second-order valence-electron chi connectivity index (χ2n) is 4.31. The SMILES string of the molecule is CC1(c2nnc(CCC(=O)O)o2)CCC1. The van der Waals surface area contributed by atoms with E-state index in [-0.39, 0.29) is 11.8 Å². The summed E-state index contributed by atoms with van der Waals surface area (Å²) in [5.74, 6) is 0.249. The summed E-state index contributed by atoms with van der Waals surface area (Å²) in [4.78, 5) is 10.4. The van der Waals surface area contributed by atoms with E-state index in [0.717, 1.165) is 12.8 Å². The van der Waals surface area contributed by atoms with Gasteiger partial charge in [0.15, 0.2) is 0 Å². The van der Waals surface area contributed by atoms with Gasteiger partial charge in [-0.05, 0) is 12.8 Å². The Bertz CT molecular complexity index is 368. The van der Waals surface area contributed by atoms with Crippen LogP contribution in [-0.2, 0) is 16.6 Å². The van der Waals surface area contributed by atoms with Gasteiger partial charge in [-0.3, -0.25) is 4.79 Å². The van der Waals surface area contributed by atoms with E-state index in [1.54, 1.807) is 0 Å². The van der Waals surface area contributed by atoms with Crippen molar-refractivity contribution in [1.82, 2.24) is 10.2 Å². The minimum Gasteiger partial charge on any atom is -0.481 e. The van der Waals surface area contributed by atoms with Gasteiger partial charge in [-0.15, -0.1) is 10.2 Å². The highest BCUT2D eigenvalue weighted by Crippen LogP contribution is 2.42. The van der Waals surface area contributed by atoms with Crippen molar-refractivity contribution in [3.63, 3.8) is 0 Å². The number of aromatic nitrogens is 2. The Morgan fingerprint density at radius 1 is 1.53 bits per heavy atom. The van der Waals surface area contributed by atoms with Crippen molar-refractivity contribution in [2.24, 2.45) is 0 Å². The fourth-order valence-corrected chi connectivity index (χ4v) is 1.73. The fourth-order valence-electron chi connectivity index (χ4n) is 1.73. The summed E-state index contributed by atoms with van der Waals surface area (Å²) in [5.41, 5.74) is 0.0362. The van der Waals surface area contributed by atoms with E-state index in [1.165, 1.54) is 6.42 Å². The van der Waals surface area contributed by atoms with Crippen molar-refractivity contribution in [2.75, 3.05) is 0 Å². The lowest BCUT2D eigenvalue weighted by atomic mass is 9.70. The molecule has 1 aromatic rings. The predicted octanol–water partition coefficient (Wildman–Crippen LogP) is 1.53. The van der Waals surface area contributed by atoms with Gasteiger partial charge in [0, 0.05) is 11.8 Å². The molecule has 0 atom stereocenters. The zero-order chi connectivity index (χ0) is 10.9. The van der Waals surface area contributed by atoms with E-state index >= 15 is 0 Å².